The monoisotopic (exact) mass is 150 g/mol. The molecule has 0 unspecified atom stereocenters. The molecule has 0 rings (SSSR count). The van der Waals surface area contributed by atoms with Crippen LogP contribution < -0.4 is 0 Å². The average molecular weight is 150 g/mol. The van der Waals surface area contributed by atoms with Crippen LogP contribution in [-0.2, 0) is 14.3 Å². The predicted octanol–water partition coefficient (Wildman–Crippen LogP) is 0.370. The molecular formula is C6H14O4. The van der Waals surface area contributed by atoms with Crippen LogP contribution in [0.25, 0.3) is 0 Å². The number of carboxylic acid groups (broad SMARTS) is 1. The fraction of sp³-hybridized carbons (Fsp3) is 0.833. The largest absolute Gasteiger partial charge is 0.480 e. The summed E-state index contributed by atoms with van der Waals surface area (Å²) < 4.78 is 9.22. The van der Waals surface area contributed by atoms with Crippen molar-refractivity contribution in [3.63, 3.8) is 0 Å². The van der Waals surface area contributed by atoms with E-state index in [4.69, 9.17) is 5.11 Å². The molecule has 0 radical (unpaired) electrons. The van der Waals surface area contributed by atoms with Crippen LogP contribution in [-0.4, -0.2) is 38.0 Å². The van der Waals surface area contributed by atoms with Gasteiger partial charge in [0.15, 0.2) is 0 Å². The maximum absolute atomic E-state index is 9.80. The topological polar surface area (TPSA) is 55.8 Å². The van der Waals surface area contributed by atoms with Gasteiger partial charge >= 0.3 is 5.97 Å². The van der Waals surface area contributed by atoms with Gasteiger partial charge < -0.3 is 14.6 Å². The van der Waals surface area contributed by atoms with Gasteiger partial charge in [-0.2, -0.15) is 0 Å². The van der Waals surface area contributed by atoms with Gasteiger partial charge in [-0.3, -0.25) is 0 Å². The third kappa shape index (κ3) is 10.4. The molecule has 4 heteroatoms. The Morgan fingerprint density at radius 1 is 1.50 bits per heavy atom. The molecule has 0 aliphatic carbocycles. The number of hydrogen-bond acceptors (Lipinski definition) is 3. The summed E-state index contributed by atoms with van der Waals surface area (Å²) in [5.41, 5.74) is 0. The second kappa shape index (κ2) is 8.39. The van der Waals surface area contributed by atoms with Crippen molar-refractivity contribution in [3.05, 3.63) is 0 Å². The zero-order chi connectivity index (χ0) is 7.11. The molecule has 0 saturated carbocycles. The van der Waals surface area contributed by atoms with Crippen molar-refractivity contribution in [2.45, 2.75) is 7.43 Å². The van der Waals surface area contributed by atoms with Crippen molar-refractivity contribution in [1.82, 2.24) is 0 Å². The third-order valence-corrected chi connectivity index (χ3v) is 0.657. The Morgan fingerprint density at radius 2 is 2.10 bits per heavy atom. The van der Waals surface area contributed by atoms with E-state index >= 15 is 0 Å². The van der Waals surface area contributed by atoms with E-state index in [9.17, 15) is 4.79 Å². The molecule has 1 N–H and O–H groups in total. The summed E-state index contributed by atoms with van der Waals surface area (Å²) in [4.78, 5) is 9.80. The first-order valence-corrected chi connectivity index (χ1v) is 2.56. The standard InChI is InChI=1S/C5H10O4.CH4/c1-8-2-3-9-4-5(6)7;/h2-4H2,1H3,(H,6,7);1H4. The summed E-state index contributed by atoms with van der Waals surface area (Å²) in [6, 6.07) is 0. The molecule has 0 aliphatic heterocycles. The van der Waals surface area contributed by atoms with Crippen LogP contribution in [0.4, 0.5) is 0 Å². The van der Waals surface area contributed by atoms with E-state index in [0.29, 0.717) is 13.2 Å². The Kier molecular flexibility index (Phi) is 10.2. The van der Waals surface area contributed by atoms with Crippen LogP contribution in [0.3, 0.4) is 0 Å². The van der Waals surface area contributed by atoms with Crippen LogP contribution in [0.2, 0.25) is 0 Å². The normalized spacial score (nSPS) is 8.50. The van der Waals surface area contributed by atoms with Gasteiger partial charge in [-0.15, -0.1) is 0 Å². The summed E-state index contributed by atoms with van der Waals surface area (Å²) in [5, 5.41) is 8.05. The molecule has 0 aromatic heterocycles. The fourth-order valence-corrected chi connectivity index (χ4v) is 0.302. The van der Waals surface area contributed by atoms with E-state index in [2.05, 4.69) is 9.47 Å². The van der Waals surface area contributed by atoms with Crippen molar-refractivity contribution in [2.75, 3.05) is 26.9 Å². The van der Waals surface area contributed by atoms with Crippen LogP contribution in [0, 0.1) is 0 Å². The van der Waals surface area contributed by atoms with E-state index in [-0.39, 0.29) is 14.0 Å². The maximum Gasteiger partial charge on any atom is 0.329 e. The average Bonchev–Trinajstić information content (AvgIpc) is 1.80. The Balaban J connectivity index is 0. The van der Waals surface area contributed by atoms with Crippen LogP contribution in [0.5, 0.6) is 0 Å². The van der Waals surface area contributed by atoms with Gasteiger partial charge in [-0.25, -0.2) is 4.79 Å². The Morgan fingerprint density at radius 3 is 2.50 bits per heavy atom. The summed E-state index contributed by atoms with van der Waals surface area (Å²) in [6.45, 7) is 0.527. The molecule has 0 amide bonds. The van der Waals surface area contributed by atoms with E-state index < -0.39 is 5.97 Å². The zero-order valence-corrected chi connectivity index (χ0v) is 5.29. The molecule has 0 heterocycles. The number of aliphatic carboxylic acids is 1. The number of rotatable bonds is 5. The first kappa shape index (κ1) is 12.1. The molecule has 0 aliphatic rings. The number of methoxy groups -OCH3 is 1. The molecule has 0 saturated heterocycles. The second-order valence-corrected chi connectivity index (χ2v) is 1.44. The summed E-state index contributed by atoms with van der Waals surface area (Å²) in [6.07, 6.45) is 0. The molecule has 62 valence electrons. The quantitative estimate of drug-likeness (QED) is 0.575. The summed E-state index contributed by atoms with van der Waals surface area (Å²) in [5.74, 6) is -0.953. The second-order valence-electron chi connectivity index (χ2n) is 1.44. The lowest BCUT2D eigenvalue weighted by molar-refractivity contribution is -0.142. The summed E-state index contributed by atoms with van der Waals surface area (Å²) in [7, 11) is 1.53. The van der Waals surface area contributed by atoms with Crippen LogP contribution in [0.1, 0.15) is 7.43 Å². The minimum atomic E-state index is -0.953. The Bertz CT molecular complexity index is 81.8. The van der Waals surface area contributed by atoms with E-state index in [1.807, 2.05) is 0 Å². The minimum absolute atomic E-state index is 0. The van der Waals surface area contributed by atoms with E-state index in [0.717, 1.165) is 0 Å². The molecule has 10 heavy (non-hydrogen) atoms. The van der Waals surface area contributed by atoms with Crippen molar-refractivity contribution < 1.29 is 19.4 Å². The molecular weight excluding hydrogens is 136 g/mol. The third-order valence-electron chi connectivity index (χ3n) is 0.657. The molecule has 4 nitrogen and oxygen atoms in total. The van der Waals surface area contributed by atoms with Gasteiger partial charge in [0.25, 0.3) is 0 Å². The lowest BCUT2D eigenvalue weighted by Gasteiger charge is -1.97. The molecule has 0 aromatic carbocycles. The van der Waals surface area contributed by atoms with Crippen molar-refractivity contribution in [1.29, 1.82) is 0 Å². The number of carbonyl (C=O) groups is 1. The lowest BCUT2D eigenvalue weighted by Crippen LogP contribution is -2.10. The Hall–Kier alpha value is -0.610. The highest BCUT2D eigenvalue weighted by Crippen LogP contribution is 1.74. The zero-order valence-electron chi connectivity index (χ0n) is 5.29. The maximum atomic E-state index is 9.80. The van der Waals surface area contributed by atoms with Gasteiger partial charge in [-0.05, 0) is 0 Å². The predicted molar refractivity (Wildman–Crippen MR) is 37.1 cm³/mol. The lowest BCUT2D eigenvalue weighted by atomic mass is 10.7. The van der Waals surface area contributed by atoms with Gasteiger partial charge in [0.2, 0.25) is 0 Å². The number of carboxylic acids is 1. The van der Waals surface area contributed by atoms with Crippen LogP contribution in [0.15, 0.2) is 0 Å². The molecule has 0 fully saturated rings. The SMILES string of the molecule is C.COCCOCC(=O)O. The number of hydrogen-bond donors (Lipinski definition) is 1. The molecule has 0 aromatic rings. The fourth-order valence-electron chi connectivity index (χ4n) is 0.302. The van der Waals surface area contributed by atoms with Gasteiger partial charge in [-0.1, -0.05) is 7.43 Å². The van der Waals surface area contributed by atoms with Crippen molar-refractivity contribution >= 4 is 5.97 Å². The highest BCUT2D eigenvalue weighted by molar-refractivity contribution is 5.67. The van der Waals surface area contributed by atoms with E-state index in [1.54, 1.807) is 0 Å². The highest BCUT2D eigenvalue weighted by Gasteiger charge is 1.93. The van der Waals surface area contributed by atoms with Crippen molar-refractivity contribution in [2.24, 2.45) is 0 Å². The van der Waals surface area contributed by atoms with Crippen LogP contribution >= 0.6 is 0 Å². The highest BCUT2D eigenvalue weighted by atomic mass is 16.5. The molecule has 0 bridgehead atoms. The van der Waals surface area contributed by atoms with Crippen molar-refractivity contribution in [3.8, 4) is 0 Å². The van der Waals surface area contributed by atoms with Gasteiger partial charge in [0, 0.05) is 7.11 Å². The van der Waals surface area contributed by atoms with Gasteiger partial charge in [0.1, 0.15) is 6.61 Å². The van der Waals surface area contributed by atoms with Gasteiger partial charge in [0.05, 0.1) is 13.2 Å². The first-order chi connectivity index (χ1) is 4.27. The molecule has 0 spiro atoms. The minimum Gasteiger partial charge on any atom is -0.480 e. The first-order valence-electron chi connectivity index (χ1n) is 2.56. The summed E-state index contributed by atoms with van der Waals surface area (Å²) >= 11 is 0. The molecule has 0 atom stereocenters. The smallest absolute Gasteiger partial charge is 0.329 e. The van der Waals surface area contributed by atoms with E-state index in [1.165, 1.54) is 7.11 Å². The Labute approximate surface area is 60.8 Å². The number of ether oxygens (including phenoxy) is 2.